The van der Waals surface area contributed by atoms with Gasteiger partial charge in [-0.15, -0.1) is 11.8 Å². The average Bonchev–Trinajstić information content (AvgIpc) is 2.39. The number of nitrogens with two attached hydrogens (primary N) is 1. The van der Waals surface area contributed by atoms with Gasteiger partial charge in [-0.25, -0.2) is 0 Å². The monoisotopic (exact) mass is 263 g/mol. The summed E-state index contributed by atoms with van der Waals surface area (Å²) in [5, 5.41) is 0. The van der Waals surface area contributed by atoms with E-state index in [0.717, 1.165) is 11.7 Å². The summed E-state index contributed by atoms with van der Waals surface area (Å²) in [4.78, 5) is 1.39. The number of benzene rings is 1. The molecule has 1 aliphatic carbocycles. The number of hydrogen-bond donors (Lipinski definition) is 1. The molecule has 0 amide bonds. The van der Waals surface area contributed by atoms with Crippen LogP contribution in [0.5, 0.6) is 0 Å². The van der Waals surface area contributed by atoms with Gasteiger partial charge in [0.05, 0.1) is 0 Å². The molecule has 0 bridgehead atoms. The third kappa shape index (κ3) is 4.33. The molecule has 0 heterocycles. The van der Waals surface area contributed by atoms with Crippen molar-refractivity contribution in [3.63, 3.8) is 0 Å². The van der Waals surface area contributed by atoms with E-state index in [1.54, 1.807) is 0 Å². The van der Waals surface area contributed by atoms with Gasteiger partial charge >= 0.3 is 0 Å². The third-order valence-corrected chi connectivity index (χ3v) is 5.27. The Morgan fingerprint density at radius 3 is 2.67 bits per heavy atom. The summed E-state index contributed by atoms with van der Waals surface area (Å²) in [5.41, 5.74) is 7.65. The second-order valence-corrected chi connectivity index (χ2v) is 6.64. The highest BCUT2D eigenvalue weighted by Crippen LogP contribution is 2.29. The Kier molecular flexibility index (Phi) is 5.58. The van der Waals surface area contributed by atoms with Crippen LogP contribution in [0.25, 0.3) is 0 Å². The van der Waals surface area contributed by atoms with Crippen molar-refractivity contribution in [3.05, 3.63) is 29.8 Å². The summed E-state index contributed by atoms with van der Waals surface area (Å²) in [7, 11) is 0. The summed E-state index contributed by atoms with van der Waals surface area (Å²) in [6.07, 6.45) is 8.30. The van der Waals surface area contributed by atoms with Crippen molar-refractivity contribution >= 4 is 11.8 Å². The smallest absolute Gasteiger partial charge is 0.0136 e. The topological polar surface area (TPSA) is 26.0 Å². The minimum Gasteiger partial charge on any atom is -0.327 e. The highest BCUT2D eigenvalue weighted by atomic mass is 32.2. The lowest BCUT2D eigenvalue weighted by atomic mass is 9.85. The second-order valence-electron chi connectivity index (χ2n) is 5.58. The van der Waals surface area contributed by atoms with Crippen LogP contribution in [-0.2, 0) is 0 Å². The SMILES string of the molecule is Cc1ccccc1SC[C@@H](N)CC1CCCCC1. The molecule has 1 saturated carbocycles. The van der Waals surface area contributed by atoms with Gasteiger partial charge in [-0.3, -0.25) is 0 Å². The van der Waals surface area contributed by atoms with E-state index in [2.05, 4.69) is 31.2 Å². The zero-order chi connectivity index (χ0) is 12.8. The highest BCUT2D eigenvalue weighted by Gasteiger charge is 2.16. The van der Waals surface area contributed by atoms with Gasteiger partial charge in [-0.05, 0) is 30.9 Å². The Labute approximate surface area is 116 Å². The van der Waals surface area contributed by atoms with E-state index in [9.17, 15) is 0 Å². The Morgan fingerprint density at radius 1 is 1.22 bits per heavy atom. The molecule has 1 aliphatic rings. The minimum absolute atomic E-state index is 0.359. The van der Waals surface area contributed by atoms with Crippen LogP contribution in [0.1, 0.15) is 44.1 Å². The van der Waals surface area contributed by atoms with Gasteiger partial charge < -0.3 is 5.73 Å². The fourth-order valence-corrected chi connectivity index (χ4v) is 3.83. The van der Waals surface area contributed by atoms with Gasteiger partial charge in [0.2, 0.25) is 0 Å². The molecule has 0 unspecified atom stereocenters. The Hall–Kier alpha value is -0.470. The van der Waals surface area contributed by atoms with Crippen LogP contribution in [0.15, 0.2) is 29.2 Å². The van der Waals surface area contributed by atoms with E-state index in [1.807, 2.05) is 11.8 Å². The molecule has 1 atom stereocenters. The lowest BCUT2D eigenvalue weighted by Crippen LogP contribution is -2.27. The van der Waals surface area contributed by atoms with E-state index < -0.39 is 0 Å². The lowest BCUT2D eigenvalue weighted by Gasteiger charge is -2.24. The van der Waals surface area contributed by atoms with Gasteiger partial charge in [-0.1, -0.05) is 50.3 Å². The third-order valence-electron chi connectivity index (χ3n) is 3.91. The molecule has 0 radical (unpaired) electrons. The minimum atomic E-state index is 0.359. The van der Waals surface area contributed by atoms with E-state index in [1.165, 1.54) is 49.0 Å². The van der Waals surface area contributed by atoms with Crippen LogP contribution in [0.4, 0.5) is 0 Å². The first-order chi connectivity index (χ1) is 8.75. The maximum atomic E-state index is 6.28. The van der Waals surface area contributed by atoms with Gasteiger partial charge in [0.1, 0.15) is 0 Å². The zero-order valence-electron chi connectivity index (χ0n) is 11.4. The lowest BCUT2D eigenvalue weighted by molar-refractivity contribution is 0.324. The number of rotatable bonds is 5. The standard InChI is InChI=1S/C16H25NS/c1-13-7-5-6-10-16(13)18-12-15(17)11-14-8-3-2-4-9-14/h5-7,10,14-15H,2-4,8-9,11-12,17H2,1H3/t15-/m0/s1. The van der Waals surface area contributed by atoms with Crippen LogP contribution >= 0.6 is 11.8 Å². The molecular weight excluding hydrogens is 238 g/mol. The maximum Gasteiger partial charge on any atom is 0.0136 e. The van der Waals surface area contributed by atoms with Gasteiger partial charge in [-0.2, -0.15) is 0 Å². The molecule has 18 heavy (non-hydrogen) atoms. The molecule has 0 aromatic heterocycles. The van der Waals surface area contributed by atoms with Crippen molar-refractivity contribution in [1.82, 2.24) is 0 Å². The first-order valence-electron chi connectivity index (χ1n) is 7.19. The molecule has 0 spiro atoms. The fraction of sp³-hybridized carbons (Fsp3) is 0.625. The van der Waals surface area contributed by atoms with Crippen LogP contribution < -0.4 is 5.73 Å². The predicted octanol–water partition coefficient (Wildman–Crippen LogP) is 4.38. The summed E-state index contributed by atoms with van der Waals surface area (Å²) < 4.78 is 0. The van der Waals surface area contributed by atoms with E-state index >= 15 is 0 Å². The number of thioether (sulfide) groups is 1. The molecule has 1 fully saturated rings. The number of hydrogen-bond acceptors (Lipinski definition) is 2. The predicted molar refractivity (Wildman–Crippen MR) is 81.1 cm³/mol. The quantitative estimate of drug-likeness (QED) is 0.798. The van der Waals surface area contributed by atoms with Crippen molar-refractivity contribution in [2.24, 2.45) is 11.7 Å². The largest absolute Gasteiger partial charge is 0.327 e. The van der Waals surface area contributed by atoms with E-state index in [-0.39, 0.29) is 0 Å². The fourth-order valence-electron chi connectivity index (χ4n) is 2.83. The summed E-state index contributed by atoms with van der Waals surface area (Å²) in [5.74, 6) is 1.95. The molecule has 2 rings (SSSR count). The van der Waals surface area contributed by atoms with Gasteiger partial charge in [0, 0.05) is 16.7 Å². The molecule has 1 aromatic carbocycles. The second kappa shape index (κ2) is 7.20. The summed E-state index contributed by atoms with van der Waals surface area (Å²) in [6.45, 7) is 2.18. The summed E-state index contributed by atoms with van der Waals surface area (Å²) in [6, 6.07) is 8.95. The van der Waals surface area contributed by atoms with Crippen molar-refractivity contribution in [1.29, 1.82) is 0 Å². The molecule has 1 aromatic rings. The molecule has 1 nitrogen and oxygen atoms in total. The van der Waals surface area contributed by atoms with Gasteiger partial charge in [0.15, 0.2) is 0 Å². The Bertz CT molecular complexity index is 358. The highest BCUT2D eigenvalue weighted by molar-refractivity contribution is 7.99. The molecule has 2 heteroatoms. The normalized spacial score (nSPS) is 18.8. The summed E-state index contributed by atoms with van der Waals surface area (Å²) >= 11 is 1.92. The van der Waals surface area contributed by atoms with E-state index in [0.29, 0.717) is 6.04 Å². The van der Waals surface area contributed by atoms with Crippen molar-refractivity contribution in [3.8, 4) is 0 Å². The molecule has 0 saturated heterocycles. The number of aryl methyl sites for hydroxylation is 1. The van der Waals surface area contributed by atoms with Crippen molar-refractivity contribution < 1.29 is 0 Å². The first kappa shape index (κ1) is 14.0. The first-order valence-corrected chi connectivity index (χ1v) is 8.18. The van der Waals surface area contributed by atoms with Crippen LogP contribution in [-0.4, -0.2) is 11.8 Å². The molecular formula is C16H25NS. The van der Waals surface area contributed by atoms with Crippen LogP contribution in [0.2, 0.25) is 0 Å². The molecule has 0 aliphatic heterocycles. The molecule has 2 N–H and O–H groups in total. The van der Waals surface area contributed by atoms with Crippen molar-refractivity contribution in [2.45, 2.75) is 56.4 Å². The zero-order valence-corrected chi connectivity index (χ0v) is 12.2. The maximum absolute atomic E-state index is 6.28. The Morgan fingerprint density at radius 2 is 1.94 bits per heavy atom. The van der Waals surface area contributed by atoms with Crippen LogP contribution in [0.3, 0.4) is 0 Å². The van der Waals surface area contributed by atoms with E-state index in [4.69, 9.17) is 5.73 Å². The van der Waals surface area contributed by atoms with Crippen LogP contribution in [0, 0.1) is 12.8 Å². The Balaban J connectivity index is 1.74. The van der Waals surface area contributed by atoms with Crippen molar-refractivity contribution in [2.75, 3.05) is 5.75 Å². The average molecular weight is 263 g/mol. The van der Waals surface area contributed by atoms with Gasteiger partial charge in [0.25, 0.3) is 0 Å². The molecule has 100 valence electrons.